The molecule has 108 valence electrons. The first-order valence-electron chi connectivity index (χ1n) is 7.50. The minimum atomic E-state index is -1.73. The highest BCUT2D eigenvalue weighted by molar-refractivity contribution is 6.90. The van der Waals surface area contributed by atoms with Crippen LogP contribution in [0.1, 0.15) is 32.1 Å². The summed E-state index contributed by atoms with van der Waals surface area (Å²) in [6.07, 6.45) is 5.52. The smallest absolute Gasteiger partial charge is 0.331 e. The summed E-state index contributed by atoms with van der Waals surface area (Å²) in [4.78, 5) is 11.7. The number of allylic oxidation sites excluding steroid dienone is 1. The largest absolute Gasteiger partial charge is 0.478 e. The number of carboxylic acid groups (broad SMARTS) is 1. The molecular weight excluding hydrogens is 264 g/mol. The van der Waals surface area contributed by atoms with Crippen molar-refractivity contribution in [2.75, 3.05) is 0 Å². The van der Waals surface area contributed by atoms with E-state index in [0.717, 1.165) is 31.7 Å². The Labute approximate surface area is 122 Å². The van der Waals surface area contributed by atoms with Gasteiger partial charge in [-0.1, -0.05) is 60.6 Å². The molecule has 0 aliphatic heterocycles. The van der Waals surface area contributed by atoms with Gasteiger partial charge < -0.3 is 5.11 Å². The SMILES string of the molecule is C[Si](C)(CC(C(=O)O)=C1CCCCC1)c1ccccc1. The number of rotatable bonds is 4. The van der Waals surface area contributed by atoms with Crippen molar-refractivity contribution >= 4 is 19.2 Å². The molecule has 2 rings (SSSR count). The Hall–Kier alpha value is -1.35. The van der Waals surface area contributed by atoms with Crippen molar-refractivity contribution in [3.63, 3.8) is 0 Å². The number of carbonyl (C=O) groups is 1. The molecule has 1 fully saturated rings. The number of hydrogen-bond donors (Lipinski definition) is 1. The van der Waals surface area contributed by atoms with Gasteiger partial charge in [-0.15, -0.1) is 0 Å². The van der Waals surface area contributed by atoms with E-state index in [9.17, 15) is 9.90 Å². The van der Waals surface area contributed by atoms with Crippen LogP contribution < -0.4 is 5.19 Å². The molecule has 2 nitrogen and oxygen atoms in total. The van der Waals surface area contributed by atoms with Crippen LogP contribution >= 0.6 is 0 Å². The highest BCUT2D eigenvalue weighted by Gasteiger charge is 2.29. The van der Waals surface area contributed by atoms with Gasteiger partial charge in [0.25, 0.3) is 0 Å². The van der Waals surface area contributed by atoms with Crippen LogP contribution in [-0.4, -0.2) is 19.1 Å². The molecule has 0 spiro atoms. The first-order chi connectivity index (χ1) is 9.50. The van der Waals surface area contributed by atoms with E-state index in [0.29, 0.717) is 5.57 Å². The summed E-state index contributed by atoms with van der Waals surface area (Å²) in [5.41, 5.74) is 1.92. The van der Waals surface area contributed by atoms with Gasteiger partial charge in [-0.3, -0.25) is 0 Å². The molecule has 0 saturated heterocycles. The van der Waals surface area contributed by atoms with E-state index >= 15 is 0 Å². The molecule has 20 heavy (non-hydrogen) atoms. The topological polar surface area (TPSA) is 37.3 Å². The van der Waals surface area contributed by atoms with E-state index in [1.54, 1.807) is 0 Å². The first-order valence-corrected chi connectivity index (χ1v) is 10.7. The maximum atomic E-state index is 11.7. The van der Waals surface area contributed by atoms with Crippen LogP contribution in [0.2, 0.25) is 19.1 Å². The second-order valence-electron chi connectivity index (χ2n) is 6.37. The van der Waals surface area contributed by atoms with E-state index in [4.69, 9.17) is 0 Å². The second kappa shape index (κ2) is 6.40. The van der Waals surface area contributed by atoms with Crippen molar-refractivity contribution < 1.29 is 9.90 Å². The zero-order valence-electron chi connectivity index (χ0n) is 12.5. The van der Waals surface area contributed by atoms with Gasteiger partial charge in [0.15, 0.2) is 0 Å². The lowest BCUT2D eigenvalue weighted by Gasteiger charge is -2.26. The fourth-order valence-electron chi connectivity index (χ4n) is 3.07. The minimum Gasteiger partial charge on any atom is -0.478 e. The van der Waals surface area contributed by atoms with Gasteiger partial charge in [-0.05, 0) is 31.7 Å². The summed E-state index contributed by atoms with van der Waals surface area (Å²) in [6, 6.07) is 11.2. The fraction of sp³-hybridized carbons (Fsp3) is 0.471. The van der Waals surface area contributed by atoms with Gasteiger partial charge in [-0.2, -0.15) is 0 Å². The molecule has 0 radical (unpaired) electrons. The third kappa shape index (κ3) is 3.60. The maximum Gasteiger partial charge on any atom is 0.331 e. The van der Waals surface area contributed by atoms with Crippen molar-refractivity contribution in [1.82, 2.24) is 0 Å². The fourth-order valence-corrected chi connectivity index (χ4v) is 5.65. The van der Waals surface area contributed by atoms with E-state index < -0.39 is 14.0 Å². The summed E-state index contributed by atoms with van der Waals surface area (Å²) in [5.74, 6) is -0.696. The summed E-state index contributed by atoms with van der Waals surface area (Å²) in [5, 5.41) is 10.9. The van der Waals surface area contributed by atoms with Gasteiger partial charge in [0.1, 0.15) is 0 Å². The Morgan fingerprint density at radius 2 is 1.70 bits per heavy atom. The van der Waals surface area contributed by atoms with Crippen LogP contribution in [0.4, 0.5) is 0 Å². The van der Waals surface area contributed by atoms with Crippen LogP contribution in [0, 0.1) is 0 Å². The number of benzene rings is 1. The number of hydrogen-bond acceptors (Lipinski definition) is 1. The zero-order chi connectivity index (χ0) is 14.6. The molecule has 1 saturated carbocycles. The quantitative estimate of drug-likeness (QED) is 0.673. The van der Waals surface area contributed by atoms with Crippen molar-refractivity contribution in [2.45, 2.75) is 51.2 Å². The van der Waals surface area contributed by atoms with Crippen LogP contribution in [0.15, 0.2) is 41.5 Å². The third-order valence-corrected chi connectivity index (χ3v) is 7.45. The Morgan fingerprint density at radius 1 is 1.10 bits per heavy atom. The Balaban J connectivity index is 2.26. The highest BCUT2D eigenvalue weighted by Crippen LogP contribution is 2.30. The Morgan fingerprint density at radius 3 is 2.25 bits per heavy atom. The normalized spacial score (nSPS) is 16.0. The molecule has 0 atom stereocenters. The molecule has 1 N–H and O–H groups in total. The summed E-state index contributed by atoms with van der Waals surface area (Å²) in [6.45, 7) is 4.54. The average molecular weight is 288 g/mol. The minimum absolute atomic E-state index is 0.696. The summed E-state index contributed by atoms with van der Waals surface area (Å²) < 4.78 is 0. The molecule has 0 amide bonds. The zero-order valence-corrected chi connectivity index (χ0v) is 13.5. The molecule has 1 aromatic carbocycles. The monoisotopic (exact) mass is 288 g/mol. The molecule has 0 heterocycles. The predicted molar refractivity (Wildman–Crippen MR) is 86.1 cm³/mol. The van der Waals surface area contributed by atoms with Crippen LogP contribution in [0.25, 0.3) is 0 Å². The van der Waals surface area contributed by atoms with Crippen LogP contribution in [0.5, 0.6) is 0 Å². The van der Waals surface area contributed by atoms with E-state index in [1.165, 1.54) is 17.2 Å². The average Bonchev–Trinajstić information content (AvgIpc) is 2.46. The third-order valence-electron chi connectivity index (χ3n) is 4.32. The lowest BCUT2D eigenvalue weighted by Crippen LogP contribution is -2.42. The van der Waals surface area contributed by atoms with Crippen LogP contribution in [-0.2, 0) is 4.79 Å². The standard InChI is InChI=1S/C17H24O2Si/c1-20(2,15-11-7-4-8-12-15)13-16(17(18)19)14-9-5-3-6-10-14/h4,7-8,11-12H,3,5-6,9-10,13H2,1-2H3,(H,18,19). The molecule has 0 aromatic heterocycles. The van der Waals surface area contributed by atoms with Crippen molar-refractivity contribution in [2.24, 2.45) is 0 Å². The number of carboxylic acids is 1. The van der Waals surface area contributed by atoms with Gasteiger partial charge >= 0.3 is 5.97 Å². The van der Waals surface area contributed by atoms with E-state index in [2.05, 4.69) is 37.4 Å². The van der Waals surface area contributed by atoms with Gasteiger partial charge in [0, 0.05) is 5.57 Å². The van der Waals surface area contributed by atoms with Crippen molar-refractivity contribution in [3.8, 4) is 0 Å². The lowest BCUT2D eigenvalue weighted by molar-refractivity contribution is -0.132. The van der Waals surface area contributed by atoms with Gasteiger partial charge in [0.2, 0.25) is 0 Å². The number of aliphatic carboxylic acids is 1. The first kappa shape index (κ1) is 15.0. The molecule has 1 aliphatic carbocycles. The van der Waals surface area contributed by atoms with Gasteiger partial charge in [0.05, 0.1) is 8.07 Å². The van der Waals surface area contributed by atoms with E-state index in [-0.39, 0.29) is 0 Å². The molecule has 3 heteroatoms. The summed E-state index contributed by atoms with van der Waals surface area (Å²) >= 11 is 0. The maximum absolute atomic E-state index is 11.7. The molecule has 1 aliphatic rings. The highest BCUT2D eigenvalue weighted by atomic mass is 28.3. The van der Waals surface area contributed by atoms with E-state index in [1.807, 2.05) is 6.07 Å². The molecule has 1 aromatic rings. The summed E-state index contributed by atoms with van der Waals surface area (Å²) in [7, 11) is -1.73. The Bertz CT molecular complexity index is 495. The molecule has 0 unspecified atom stereocenters. The molecular formula is C17H24O2Si. The second-order valence-corrected chi connectivity index (χ2v) is 11.1. The predicted octanol–water partition coefficient (Wildman–Crippen LogP) is 3.95. The van der Waals surface area contributed by atoms with Crippen molar-refractivity contribution in [3.05, 3.63) is 41.5 Å². The molecule has 0 bridgehead atoms. The van der Waals surface area contributed by atoms with Gasteiger partial charge in [-0.25, -0.2) is 4.79 Å². The lowest BCUT2D eigenvalue weighted by atomic mass is 9.91. The van der Waals surface area contributed by atoms with Crippen molar-refractivity contribution in [1.29, 1.82) is 0 Å². The Kier molecular flexibility index (Phi) is 4.81. The van der Waals surface area contributed by atoms with Crippen LogP contribution in [0.3, 0.4) is 0 Å².